The highest BCUT2D eigenvalue weighted by atomic mass is 35.5. The highest BCUT2D eigenvalue weighted by Gasteiger charge is 2.03. The molecule has 0 atom stereocenters. The molecule has 1 N–H and O–H groups in total. The molecule has 0 spiro atoms. The zero-order valence-electron chi connectivity index (χ0n) is 13.4. The first-order valence-corrected chi connectivity index (χ1v) is 7.44. The van der Waals surface area contributed by atoms with Crippen LogP contribution >= 0.6 is 12.4 Å². The molecule has 1 aromatic carbocycles. The van der Waals surface area contributed by atoms with Gasteiger partial charge < -0.3 is 19.7 Å². The molecule has 0 radical (unpaired) electrons. The Morgan fingerprint density at radius 1 is 1.00 bits per heavy atom. The van der Waals surface area contributed by atoms with Gasteiger partial charge in [0.15, 0.2) is 11.5 Å². The van der Waals surface area contributed by atoms with Crippen molar-refractivity contribution in [3.63, 3.8) is 0 Å². The Morgan fingerprint density at radius 3 is 2.19 bits per heavy atom. The van der Waals surface area contributed by atoms with Crippen LogP contribution in [0.15, 0.2) is 24.3 Å². The monoisotopic (exact) mass is 316 g/mol. The van der Waals surface area contributed by atoms with Gasteiger partial charge in [0.2, 0.25) is 0 Å². The molecule has 122 valence electrons. The Balaban J connectivity index is 0.00000400. The van der Waals surface area contributed by atoms with Crippen LogP contribution < -0.4 is 14.8 Å². The number of nitrogens with zero attached hydrogens (tertiary/aromatic N) is 1. The van der Waals surface area contributed by atoms with E-state index in [4.69, 9.17) is 9.47 Å². The summed E-state index contributed by atoms with van der Waals surface area (Å²) in [6, 6.07) is 7.87. The zero-order chi connectivity index (χ0) is 14.6. The number of rotatable bonds is 11. The van der Waals surface area contributed by atoms with E-state index in [1.807, 2.05) is 24.3 Å². The minimum Gasteiger partial charge on any atom is -0.490 e. The predicted octanol–water partition coefficient (Wildman–Crippen LogP) is 2.82. The molecule has 0 saturated heterocycles. The van der Waals surface area contributed by atoms with Gasteiger partial charge in [-0.05, 0) is 32.6 Å². The van der Waals surface area contributed by atoms with Gasteiger partial charge in [0.25, 0.3) is 0 Å². The fourth-order valence-electron chi connectivity index (χ4n) is 1.68. The lowest BCUT2D eigenvalue weighted by Gasteiger charge is -2.13. The normalized spacial score (nSPS) is 10.3. The maximum Gasteiger partial charge on any atom is 0.161 e. The van der Waals surface area contributed by atoms with Crippen molar-refractivity contribution in [2.75, 3.05) is 46.9 Å². The van der Waals surface area contributed by atoms with Gasteiger partial charge in [-0.1, -0.05) is 25.5 Å². The second-order valence-electron chi connectivity index (χ2n) is 5.05. The number of ether oxygens (including phenoxy) is 2. The second-order valence-corrected chi connectivity index (χ2v) is 5.05. The number of halogens is 1. The van der Waals surface area contributed by atoms with Crippen LogP contribution in [0, 0.1) is 0 Å². The predicted molar refractivity (Wildman–Crippen MR) is 91.0 cm³/mol. The summed E-state index contributed by atoms with van der Waals surface area (Å²) in [6.45, 7) is 6.42. The minimum absolute atomic E-state index is 0. The molecule has 0 unspecified atom stereocenters. The molecule has 0 aliphatic carbocycles. The van der Waals surface area contributed by atoms with E-state index in [-0.39, 0.29) is 12.4 Å². The Kier molecular flexibility index (Phi) is 12.2. The van der Waals surface area contributed by atoms with E-state index in [9.17, 15) is 0 Å². The second kappa shape index (κ2) is 12.7. The van der Waals surface area contributed by atoms with E-state index in [0.29, 0.717) is 6.61 Å². The van der Waals surface area contributed by atoms with Crippen LogP contribution in [0.25, 0.3) is 0 Å². The van der Waals surface area contributed by atoms with Crippen molar-refractivity contribution in [2.45, 2.75) is 19.8 Å². The summed E-state index contributed by atoms with van der Waals surface area (Å²) in [5, 5.41) is 3.35. The highest BCUT2D eigenvalue weighted by molar-refractivity contribution is 5.85. The summed E-state index contributed by atoms with van der Waals surface area (Å²) in [6.07, 6.45) is 2.21. The van der Waals surface area contributed by atoms with Gasteiger partial charge in [-0.2, -0.15) is 0 Å². The molecule has 4 nitrogen and oxygen atoms in total. The Bertz CT molecular complexity index is 362. The van der Waals surface area contributed by atoms with Crippen LogP contribution in [0.3, 0.4) is 0 Å². The van der Waals surface area contributed by atoms with Gasteiger partial charge in [0, 0.05) is 19.6 Å². The maximum atomic E-state index is 5.77. The molecule has 0 aromatic heterocycles. The summed E-state index contributed by atoms with van der Waals surface area (Å²) >= 11 is 0. The van der Waals surface area contributed by atoms with Crippen molar-refractivity contribution in [3.8, 4) is 11.5 Å². The molecular weight excluding hydrogens is 288 g/mol. The first kappa shape index (κ1) is 20.0. The minimum atomic E-state index is 0. The van der Waals surface area contributed by atoms with Crippen LogP contribution in [-0.4, -0.2) is 51.8 Å². The van der Waals surface area contributed by atoms with Crippen molar-refractivity contribution >= 4 is 12.4 Å². The third-order valence-corrected chi connectivity index (χ3v) is 2.88. The lowest BCUT2D eigenvalue weighted by molar-refractivity contribution is 0.263. The first-order chi connectivity index (χ1) is 9.74. The molecule has 0 aliphatic rings. The highest BCUT2D eigenvalue weighted by Crippen LogP contribution is 2.26. The summed E-state index contributed by atoms with van der Waals surface area (Å²) in [7, 11) is 4.14. The van der Waals surface area contributed by atoms with Crippen molar-refractivity contribution < 1.29 is 9.47 Å². The van der Waals surface area contributed by atoms with Gasteiger partial charge >= 0.3 is 0 Å². The molecular formula is C16H29ClN2O2. The fraction of sp³-hybridized carbons (Fsp3) is 0.625. The average molecular weight is 317 g/mol. The molecule has 0 amide bonds. The molecule has 0 aliphatic heterocycles. The van der Waals surface area contributed by atoms with E-state index in [1.54, 1.807) is 0 Å². The van der Waals surface area contributed by atoms with Gasteiger partial charge in [-0.15, -0.1) is 12.4 Å². The number of likely N-dealkylation sites (N-methyl/N-ethyl adjacent to an activating group) is 1. The number of hydrogen-bond acceptors (Lipinski definition) is 4. The number of para-hydroxylation sites is 2. The van der Waals surface area contributed by atoms with Gasteiger partial charge in [0.1, 0.15) is 6.61 Å². The smallest absolute Gasteiger partial charge is 0.161 e. The van der Waals surface area contributed by atoms with E-state index >= 15 is 0 Å². The van der Waals surface area contributed by atoms with Gasteiger partial charge in [0.05, 0.1) is 6.61 Å². The topological polar surface area (TPSA) is 33.7 Å². The SMILES string of the molecule is CCCCOc1ccccc1OCCNCCN(C)C.Cl. The quantitative estimate of drug-likeness (QED) is 0.637. The number of unbranched alkanes of at least 4 members (excludes halogenated alkanes) is 1. The summed E-state index contributed by atoms with van der Waals surface area (Å²) in [5.41, 5.74) is 0. The van der Waals surface area contributed by atoms with Crippen LogP contribution in [0.2, 0.25) is 0 Å². The molecule has 1 rings (SSSR count). The molecule has 0 fully saturated rings. The summed E-state index contributed by atoms with van der Waals surface area (Å²) < 4.78 is 11.5. The van der Waals surface area contributed by atoms with E-state index in [0.717, 1.165) is 50.6 Å². The largest absolute Gasteiger partial charge is 0.490 e. The number of hydrogen-bond donors (Lipinski definition) is 1. The third-order valence-electron chi connectivity index (χ3n) is 2.88. The lowest BCUT2D eigenvalue weighted by atomic mass is 10.3. The van der Waals surface area contributed by atoms with Crippen LogP contribution in [0.1, 0.15) is 19.8 Å². The van der Waals surface area contributed by atoms with Crippen molar-refractivity contribution in [2.24, 2.45) is 0 Å². The van der Waals surface area contributed by atoms with Crippen molar-refractivity contribution in [1.82, 2.24) is 10.2 Å². The maximum absolute atomic E-state index is 5.77. The van der Waals surface area contributed by atoms with E-state index < -0.39 is 0 Å². The van der Waals surface area contributed by atoms with E-state index in [2.05, 4.69) is 31.2 Å². The van der Waals surface area contributed by atoms with Gasteiger partial charge in [-0.25, -0.2) is 0 Å². The molecule has 0 heterocycles. The van der Waals surface area contributed by atoms with E-state index in [1.165, 1.54) is 0 Å². The van der Waals surface area contributed by atoms with Crippen LogP contribution in [0.5, 0.6) is 11.5 Å². The summed E-state index contributed by atoms with van der Waals surface area (Å²) in [5.74, 6) is 1.67. The van der Waals surface area contributed by atoms with Crippen LogP contribution in [-0.2, 0) is 0 Å². The number of benzene rings is 1. The van der Waals surface area contributed by atoms with Crippen molar-refractivity contribution in [1.29, 1.82) is 0 Å². The zero-order valence-corrected chi connectivity index (χ0v) is 14.2. The average Bonchev–Trinajstić information content (AvgIpc) is 2.44. The van der Waals surface area contributed by atoms with Gasteiger partial charge in [-0.3, -0.25) is 0 Å². The Labute approximate surface area is 135 Å². The molecule has 0 bridgehead atoms. The van der Waals surface area contributed by atoms with Crippen LogP contribution in [0.4, 0.5) is 0 Å². The number of nitrogens with one attached hydrogen (secondary N) is 1. The summed E-state index contributed by atoms with van der Waals surface area (Å²) in [4.78, 5) is 2.16. The first-order valence-electron chi connectivity index (χ1n) is 7.44. The molecule has 21 heavy (non-hydrogen) atoms. The Morgan fingerprint density at radius 2 is 1.62 bits per heavy atom. The molecule has 0 saturated carbocycles. The van der Waals surface area contributed by atoms with Crippen molar-refractivity contribution in [3.05, 3.63) is 24.3 Å². The molecule has 5 heteroatoms. The third kappa shape index (κ3) is 9.56. The lowest BCUT2D eigenvalue weighted by Crippen LogP contribution is -2.29. The Hall–Kier alpha value is -0.970. The fourth-order valence-corrected chi connectivity index (χ4v) is 1.68. The standard InChI is InChI=1S/C16H28N2O2.ClH/c1-4-5-13-19-15-8-6-7-9-16(15)20-14-11-17-10-12-18(2)3;/h6-9,17H,4-5,10-14H2,1-3H3;1H. The molecule has 1 aromatic rings.